The second kappa shape index (κ2) is 6.90. The van der Waals surface area contributed by atoms with E-state index in [-0.39, 0.29) is 6.61 Å². The quantitative estimate of drug-likeness (QED) is 0.856. The summed E-state index contributed by atoms with van der Waals surface area (Å²) in [5, 5.41) is 18.3. The zero-order valence-corrected chi connectivity index (χ0v) is 12.0. The first-order valence-corrected chi connectivity index (χ1v) is 6.85. The minimum absolute atomic E-state index is 0.0482. The summed E-state index contributed by atoms with van der Waals surface area (Å²) in [6.07, 6.45) is 0. The Labute approximate surface area is 124 Å². The van der Waals surface area contributed by atoms with Crippen molar-refractivity contribution in [3.05, 3.63) is 65.2 Å². The SMILES string of the molecule is Cc1cc(N(CCO)Cc2ccccc2)ccc1C(=O)O. The molecule has 2 aromatic rings. The number of hydrogen-bond donors (Lipinski definition) is 2. The smallest absolute Gasteiger partial charge is 0.335 e. The van der Waals surface area contributed by atoms with Crippen LogP contribution in [-0.4, -0.2) is 29.3 Å². The van der Waals surface area contributed by atoms with Gasteiger partial charge in [0.05, 0.1) is 12.2 Å². The van der Waals surface area contributed by atoms with Gasteiger partial charge < -0.3 is 15.1 Å². The molecule has 0 aliphatic heterocycles. The molecule has 0 fully saturated rings. The third-order valence-electron chi connectivity index (χ3n) is 3.39. The Kier molecular flexibility index (Phi) is 4.95. The first kappa shape index (κ1) is 15.1. The molecule has 0 heterocycles. The molecule has 0 saturated carbocycles. The number of carboxylic acid groups (broad SMARTS) is 1. The highest BCUT2D eigenvalue weighted by Gasteiger charge is 2.11. The summed E-state index contributed by atoms with van der Waals surface area (Å²) in [4.78, 5) is 13.1. The number of aryl methyl sites for hydroxylation is 1. The second-order valence-electron chi connectivity index (χ2n) is 4.94. The van der Waals surface area contributed by atoms with E-state index in [0.29, 0.717) is 18.7 Å². The highest BCUT2D eigenvalue weighted by atomic mass is 16.4. The fourth-order valence-corrected chi connectivity index (χ4v) is 2.31. The number of aliphatic hydroxyl groups is 1. The number of carboxylic acids is 1. The van der Waals surface area contributed by atoms with Crippen molar-refractivity contribution in [3.8, 4) is 0 Å². The molecular formula is C17H19NO3. The van der Waals surface area contributed by atoms with Gasteiger partial charge >= 0.3 is 5.97 Å². The zero-order chi connectivity index (χ0) is 15.2. The van der Waals surface area contributed by atoms with E-state index in [0.717, 1.165) is 16.8 Å². The summed E-state index contributed by atoms with van der Waals surface area (Å²) >= 11 is 0. The fourth-order valence-electron chi connectivity index (χ4n) is 2.31. The van der Waals surface area contributed by atoms with Gasteiger partial charge in [0.25, 0.3) is 0 Å². The zero-order valence-electron chi connectivity index (χ0n) is 12.0. The largest absolute Gasteiger partial charge is 0.478 e. The van der Waals surface area contributed by atoms with Crippen molar-refractivity contribution in [3.63, 3.8) is 0 Å². The Hall–Kier alpha value is -2.33. The number of aliphatic hydroxyl groups excluding tert-OH is 1. The predicted octanol–water partition coefficient (Wildman–Crippen LogP) is 2.69. The molecule has 0 bridgehead atoms. The van der Waals surface area contributed by atoms with Crippen molar-refractivity contribution >= 4 is 11.7 Å². The molecule has 4 nitrogen and oxygen atoms in total. The molecule has 21 heavy (non-hydrogen) atoms. The van der Waals surface area contributed by atoms with E-state index in [1.165, 1.54) is 0 Å². The lowest BCUT2D eigenvalue weighted by atomic mass is 10.1. The molecule has 0 atom stereocenters. The highest BCUT2D eigenvalue weighted by Crippen LogP contribution is 2.21. The van der Waals surface area contributed by atoms with Crippen LogP contribution in [0.5, 0.6) is 0 Å². The number of hydrogen-bond acceptors (Lipinski definition) is 3. The maximum absolute atomic E-state index is 11.1. The summed E-state index contributed by atoms with van der Waals surface area (Å²) in [5.74, 6) is -0.921. The van der Waals surface area contributed by atoms with Gasteiger partial charge in [-0.25, -0.2) is 4.79 Å². The lowest BCUT2D eigenvalue weighted by molar-refractivity contribution is 0.0696. The van der Waals surface area contributed by atoms with E-state index in [1.807, 2.05) is 41.3 Å². The Morgan fingerprint density at radius 2 is 1.86 bits per heavy atom. The third kappa shape index (κ3) is 3.83. The summed E-state index contributed by atoms with van der Waals surface area (Å²) in [7, 11) is 0. The first-order valence-electron chi connectivity index (χ1n) is 6.85. The topological polar surface area (TPSA) is 60.8 Å². The van der Waals surface area contributed by atoms with E-state index >= 15 is 0 Å². The van der Waals surface area contributed by atoms with Gasteiger partial charge in [0, 0.05) is 18.8 Å². The molecule has 0 aliphatic carbocycles. The molecule has 0 amide bonds. The van der Waals surface area contributed by atoms with Crippen LogP contribution >= 0.6 is 0 Å². The standard InChI is InChI=1S/C17H19NO3/c1-13-11-15(7-8-16(13)17(20)21)18(9-10-19)12-14-5-3-2-4-6-14/h2-8,11,19H,9-10,12H2,1H3,(H,20,21). The minimum Gasteiger partial charge on any atom is -0.478 e. The Morgan fingerprint density at radius 1 is 1.14 bits per heavy atom. The summed E-state index contributed by atoms with van der Waals surface area (Å²) in [6.45, 7) is 3.01. The van der Waals surface area contributed by atoms with Gasteiger partial charge in [0.15, 0.2) is 0 Å². The van der Waals surface area contributed by atoms with Crippen LogP contribution in [0.4, 0.5) is 5.69 Å². The van der Waals surface area contributed by atoms with E-state index in [2.05, 4.69) is 0 Å². The van der Waals surface area contributed by atoms with Crippen molar-refractivity contribution in [1.82, 2.24) is 0 Å². The van der Waals surface area contributed by atoms with E-state index in [4.69, 9.17) is 5.11 Å². The van der Waals surface area contributed by atoms with E-state index in [1.54, 1.807) is 19.1 Å². The molecule has 4 heteroatoms. The average molecular weight is 285 g/mol. The Bertz CT molecular complexity index is 611. The molecule has 110 valence electrons. The number of anilines is 1. The average Bonchev–Trinajstić information content (AvgIpc) is 2.47. The van der Waals surface area contributed by atoms with Crippen molar-refractivity contribution in [2.45, 2.75) is 13.5 Å². The van der Waals surface area contributed by atoms with Crippen LogP contribution in [0.15, 0.2) is 48.5 Å². The van der Waals surface area contributed by atoms with Crippen LogP contribution in [0.2, 0.25) is 0 Å². The molecule has 0 unspecified atom stereocenters. The van der Waals surface area contributed by atoms with E-state index in [9.17, 15) is 9.90 Å². The lowest BCUT2D eigenvalue weighted by Crippen LogP contribution is -2.26. The van der Waals surface area contributed by atoms with Crippen LogP contribution in [0.1, 0.15) is 21.5 Å². The van der Waals surface area contributed by atoms with Crippen LogP contribution < -0.4 is 4.90 Å². The molecule has 0 radical (unpaired) electrons. The lowest BCUT2D eigenvalue weighted by Gasteiger charge is -2.25. The van der Waals surface area contributed by atoms with Gasteiger partial charge in [-0.2, -0.15) is 0 Å². The highest BCUT2D eigenvalue weighted by molar-refractivity contribution is 5.89. The normalized spacial score (nSPS) is 10.4. The third-order valence-corrected chi connectivity index (χ3v) is 3.39. The van der Waals surface area contributed by atoms with Crippen molar-refractivity contribution in [2.75, 3.05) is 18.1 Å². The molecule has 2 rings (SSSR count). The van der Waals surface area contributed by atoms with Crippen molar-refractivity contribution in [1.29, 1.82) is 0 Å². The van der Waals surface area contributed by atoms with Gasteiger partial charge in [0.1, 0.15) is 0 Å². The molecule has 0 aromatic heterocycles. The maximum Gasteiger partial charge on any atom is 0.335 e. The summed E-state index contributed by atoms with van der Waals surface area (Å²) < 4.78 is 0. The maximum atomic E-state index is 11.1. The van der Waals surface area contributed by atoms with E-state index < -0.39 is 5.97 Å². The number of carbonyl (C=O) groups is 1. The number of rotatable bonds is 6. The van der Waals surface area contributed by atoms with Gasteiger partial charge in [-0.3, -0.25) is 0 Å². The number of benzene rings is 2. The molecule has 0 aliphatic rings. The van der Waals surface area contributed by atoms with Crippen LogP contribution in [0, 0.1) is 6.92 Å². The monoisotopic (exact) mass is 285 g/mol. The van der Waals surface area contributed by atoms with Gasteiger partial charge in [-0.15, -0.1) is 0 Å². The van der Waals surface area contributed by atoms with Gasteiger partial charge in [0.2, 0.25) is 0 Å². The summed E-state index contributed by atoms with van der Waals surface area (Å²) in [5.41, 5.74) is 3.08. The molecule has 0 saturated heterocycles. The summed E-state index contributed by atoms with van der Waals surface area (Å²) in [6, 6.07) is 15.2. The second-order valence-corrected chi connectivity index (χ2v) is 4.94. The van der Waals surface area contributed by atoms with Crippen molar-refractivity contribution < 1.29 is 15.0 Å². The fraction of sp³-hybridized carbons (Fsp3) is 0.235. The Balaban J connectivity index is 2.26. The molecular weight excluding hydrogens is 266 g/mol. The minimum atomic E-state index is -0.921. The van der Waals surface area contributed by atoms with Crippen molar-refractivity contribution in [2.24, 2.45) is 0 Å². The van der Waals surface area contributed by atoms with Gasteiger partial charge in [-0.05, 0) is 36.2 Å². The number of nitrogens with zero attached hydrogens (tertiary/aromatic N) is 1. The van der Waals surface area contributed by atoms with Crippen LogP contribution in [0.3, 0.4) is 0 Å². The van der Waals surface area contributed by atoms with Crippen LogP contribution in [-0.2, 0) is 6.54 Å². The molecule has 2 aromatic carbocycles. The Morgan fingerprint density at radius 3 is 2.43 bits per heavy atom. The van der Waals surface area contributed by atoms with Gasteiger partial charge in [-0.1, -0.05) is 30.3 Å². The first-order chi connectivity index (χ1) is 10.1. The molecule has 0 spiro atoms. The molecule has 2 N–H and O–H groups in total. The predicted molar refractivity (Wildman–Crippen MR) is 82.7 cm³/mol. The van der Waals surface area contributed by atoms with Crippen LogP contribution in [0.25, 0.3) is 0 Å². The number of aromatic carboxylic acids is 1.